The molecule has 2 N–H and O–H groups in total. The van der Waals surface area contributed by atoms with Crippen LogP contribution < -0.4 is 10.6 Å². The van der Waals surface area contributed by atoms with Crippen molar-refractivity contribution in [2.75, 3.05) is 10.6 Å². The predicted octanol–water partition coefficient (Wildman–Crippen LogP) is 2.92. The monoisotopic (exact) mass is 270 g/mol. The van der Waals surface area contributed by atoms with Gasteiger partial charge >= 0.3 is 0 Å². The number of nitrogens with one attached hydrogen (secondary N) is 2. The van der Waals surface area contributed by atoms with Gasteiger partial charge in [0.25, 0.3) is 0 Å². The minimum absolute atomic E-state index is 0.0748. The molecule has 2 rings (SSSR count). The number of benzene rings is 1. The molecule has 0 saturated carbocycles. The first-order valence-electron chi connectivity index (χ1n) is 6.48. The van der Waals surface area contributed by atoms with Gasteiger partial charge in [-0.25, -0.2) is 9.97 Å². The van der Waals surface area contributed by atoms with Gasteiger partial charge in [0.15, 0.2) is 0 Å². The molecule has 104 valence electrons. The number of hydrogen-bond acceptors (Lipinski definition) is 4. The highest BCUT2D eigenvalue weighted by molar-refractivity contribution is 5.88. The number of carbonyl (C=O) groups excluding carboxylic acids is 1. The number of nitrogens with zero attached hydrogens (tertiary/aromatic N) is 2. The van der Waals surface area contributed by atoms with Gasteiger partial charge in [-0.3, -0.25) is 4.79 Å². The molecule has 1 aromatic heterocycles. The maximum Gasteiger partial charge on any atom is 0.221 e. The third kappa shape index (κ3) is 3.78. The summed E-state index contributed by atoms with van der Waals surface area (Å²) >= 11 is 0. The molecule has 1 aromatic carbocycles. The second-order valence-corrected chi connectivity index (χ2v) is 4.66. The zero-order chi connectivity index (χ0) is 14.5. The summed E-state index contributed by atoms with van der Waals surface area (Å²) in [6.45, 7) is 5.40. The number of amides is 1. The molecule has 20 heavy (non-hydrogen) atoms. The van der Waals surface area contributed by atoms with Crippen molar-refractivity contribution in [3.05, 3.63) is 47.9 Å². The quantitative estimate of drug-likeness (QED) is 0.896. The molecule has 2 aromatic rings. The molecular weight excluding hydrogens is 252 g/mol. The van der Waals surface area contributed by atoms with Gasteiger partial charge in [-0.1, -0.05) is 12.1 Å². The Balaban J connectivity index is 2.12. The van der Waals surface area contributed by atoms with Crippen LogP contribution in [0.5, 0.6) is 0 Å². The zero-order valence-electron chi connectivity index (χ0n) is 11.8. The SMILES string of the molecule is CC(=O)Nc1cccc(C(C)Nc2ccnc(C)n2)c1. The van der Waals surface area contributed by atoms with Crippen LogP contribution in [0.4, 0.5) is 11.5 Å². The summed E-state index contributed by atoms with van der Waals surface area (Å²) < 4.78 is 0. The molecule has 0 spiro atoms. The van der Waals surface area contributed by atoms with E-state index in [2.05, 4.69) is 20.6 Å². The van der Waals surface area contributed by atoms with Crippen molar-refractivity contribution in [2.24, 2.45) is 0 Å². The van der Waals surface area contributed by atoms with Crippen LogP contribution >= 0.6 is 0 Å². The van der Waals surface area contributed by atoms with E-state index in [-0.39, 0.29) is 11.9 Å². The normalized spacial score (nSPS) is 11.8. The van der Waals surface area contributed by atoms with E-state index < -0.39 is 0 Å². The van der Waals surface area contributed by atoms with Crippen LogP contribution in [0.2, 0.25) is 0 Å². The lowest BCUT2D eigenvalue weighted by Crippen LogP contribution is -2.10. The maximum atomic E-state index is 11.1. The zero-order valence-corrected chi connectivity index (χ0v) is 11.8. The first-order valence-corrected chi connectivity index (χ1v) is 6.48. The van der Waals surface area contributed by atoms with Gasteiger partial charge in [-0.05, 0) is 37.6 Å². The van der Waals surface area contributed by atoms with Crippen molar-refractivity contribution in [3.8, 4) is 0 Å². The summed E-state index contributed by atoms with van der Waals surface area (Å²) in [5.41, 5.74) is 1.87. The molecule has 0 saturated heterocycles. The van der Waals surface area contributed by atoms with Crippen LogP contribution in [-0.4, -0.2) is 15.9 Å². The van der Waals surface area contributed by atoms with Crippen LogP contribution in [0.1, 0.15) is 31.3 Å². The average Bonchev–Trinajstić information content (AvgIpc) is 2.38. The Kier molecular flexibility index (Phi) is 4.30. The van der Waals surface area contributed by atoms with Crippen molar-refractivity contribution < 1.29 is 4.79 Å². The van der Waals surface area contributed by atoms with E-state index in [4.69, 9.17) is 0 Å². The van der Waals surface area contributed by atoms with Gasteiger partial charge in [0.1, 0.15) is 11.6 Å². The van der Waals surface area contributed by atoms with Gasteiger partial charge in [0, 0.05) is 18.8 Å². The number of hydrogen-bond donors (Lipinski definition) is 2. The second kappa shape index (κ2) is 6.14. The number of carbonyl (C=O) groups is 1. The molecule has 1 amide bonds. The Morgan fingerprint density at radius 3 is 2.80 bits per heavy atom. The van der Waals surface area contributed by atoms with E-state index in [9.17, 15) is 4.79 Å². The largest absolute Gasteiger partial charge is 0.363 e. The average molecular weight is 270 g/mol. The minimum Gasteiger partial charge on any atom is -0.363 e. The van der Waals surface area contributed by atoms with Crippen LogP contribution in [0.15, 0.2) is 36.5 Å². The molecule has 5 nitrogen and oxygen atoms in total. The van der Waals surface area contributed by atoms with Crippen molar-refractivity contribution >= 4 is 17.4 Å². The maximum absolute atomic E-state index is 11.1. The summed E-state index contributed by atoms with van der Waals surface area (Å²) in [5, 5.41) is 6.10. The standard InChI is InChI=1S/C15H18N4O/c1-10(17-15-7-8-16-11(2)18-15)13-5-4-6-14(9-13)19-12(3)20/h4-10H,1-3H3,(H,19,20)(H,16,17,18). The molecule has 5 heteroatoms. The van der Waals surface area contributed by atoms with Crippen molar-refractivity contribution in [3.63, 3.8) is 0 Å². The fourth-order valence-electron chi connectivity index (χ4n) is 1.93. The molecule has 0 bridgehead atoms. The van der Waals surface area contributed by atoms with Crippen LogP contribution in [-0.2, 0) is 4.79 Å². The summed E-state index contributed by atoms with van der Waals surface area (Å²) in [6.07, 6.45) is 1.73. The Hall–Kier alpha value is -2.43. The molecule has 0 aliphatic carbocycles. The third-order valence-corrected chi connectivity index (χ3v) is 2.85. The summed E-state index contributed by atoms with van der Waals surface area (Å²) in [6, 6.07) is 9.67. The molecule has 0 fully saturated rings. The first-order chi connectivity index (χ1) is 9.54. The fourth-order valence-corrected chi connectivity index (χ4v) is 1.93. The summed E-state index contributed by atoms with van der Waals surface area (Å²) in [7, 11) is 0. The Bertz CT molecular complexity index is 612. The lowest BCUT2D eigenvalue weighted by molar-refractivity contribution is -0.114. The highest BCUT2D eigenvalue weighted by Crippen LogP contribution is 2.20. The van der Waals surface area contributed by atoms with Gasteiger partial charge < -0.3 is 10.6 Å². The minimum atomic E-state index is -0.0748. The predicted molar refractivity (Wildman–Crippen MR) is 79.6 cm³/mol. The number of aryl methyl sites for hydroxylation is 1. The molecule has 1 unspecified atom stereocenters. The van der Waals surface area contributed by atoms with Crippen molar-refractivity contribution in [1.29, 1.82) is 0 Å². The van der Waals surface area contributed by atoms with Crippen LogP contribution in [0.3, 0.4) is 0 Å². The second-order valence-electron chi connectivity index (χ2n) is 4.66. The van der Waals surface area contributed by atoms with Crippen molar-refractivity contribution in [2.45, 2.75) is 26.8 Å². The van der Waals surface area contributed by atoms with E-state index in [1.165, 1.54) is 6.92 Å². The fraction of sp³-hybridized carbons (Fsp3) is 0.267. The molecule has 0 radical (unpaired) electrons. The number of aromatic nitrogens is 2. The van der Waals surface area contributed by atoms with Crippen molar-refractivity contribution in [1.82, 2.24) is 9.97 Å². The van der Waals surface area contributed by atoms with Gasteiger partial charge in [0.2, 0.25) is 5.91 Å². The lowest BCUT2D eigenvalue weighted by atomic mass is 10.1. The first kappa shape index (κ1) is 14.0. The molecule has 0 aliphatic rings. The van der Waals surface area contributed by atoms with Gasteiger partial charge in [0.05, 0.1) is 6.04 Å². The smallest absolute Gasteiger partial charge is 0.221 e. The molecular formula is C15H18N4O. The molecule has 0 aliphatic heterocycles. The van der Waals surface area contributed by atoms with Gasteiger partial charge in [-0.2, -0.15) is 0 Å². The highest BCUT2D eigenvalue weighted by Gasteiger charge is 2.07. The van der Waals surface area contributed by atoms with E-state index in [0.29, 0.717) is 0 Å². The Labute approximate surface area is 118 Å². The summed E-state index contributed by atoms with van der Waals surface area (Å²) in [4.78, 5) is 19.5. The Morgan fingerprint density at radius 1 is 1.30 bits per heavy atom. The topological polar surface area (TPSA) is 66.9 Å². The molecule has 1 heterocycles. The highest BCUT2D eigenvalue weighted by atomic mass is 16.1. The van der Waals surface area contributed by atoms with E-state index in [1.807, 2.05) is 44.2 Å². The van der Waals surface area contributed by atoms with Gasteiger partial charge in [-0.15, -0.1) is 0 Å². The summed E-state index contributed by atoms with van der Waals surface area (Å²) in [5.74, 6) is 1.44. The van der Waals surface area contributed by atoms with E-state index in [0.717, 1.165) is 22.9 Å². The lowest BCUT2D eigenvalue weighted by Gasteiger charge is -2.16. The number of rotatable bonds is 4. The third-order valence-electron chi connectivity index (χ3n) is 2.85. The van der Waals surface area contributed by atoms with E-state index in [1.54, 1.807) is 6.20 Å². The Morgan fingerprint density at radius 2 is 2.10 bits per heavy atom. The van der Waals surface area contributed by atoms with Crippen LogP contribution in [0, 0.1) is 6.92 Å². The van der Waals surface area contributed by atoms with Crippen LogP contribution in [0.25, 0.3) is 0 Å². The molecule has 1 atom stereocenters. The van der Waals surface area contributed by atoms with E-state index >= 15 is 0 Å². The number of anilines is 2.